The van der Waals surface area contributed by atoms with Crippen molar-refractivity contribution >= 4 is 17.6 Å². The first kappa shape index (κ1) is 14.6. The van der Waals surface area contributed by atoms with Gasteiger partial charge in [-0.15, -0.1) is 0 Å². The lowest BCUT2D eigenvalue weighted by atomic mass is 10.1. The van der Waals surface area contributed by atoms with Crippen LogP contribution in [-0.4, -0.2) is 17.0 Å². The predicted octanol–water partition coefficient (Wildman–Crippen LogP) is 3.05. The Morgan fingerprint density at radius 3 is 2.10 bits per heavy atom. The molecule has 4 nitrogen and oxygen atoms in total. The Hall–Kier alpha value is -2.83. The van der Waals surface area contributed by atoms with E-state index in [-0.39, 0.29) is 5.69 Å². The van der Waals surface area contributed by atoms with Crippen molar-refractivity contribution in [3.63, 3.8) is 0 Å². The molecule has 2 aromatic carbocycles. The van der Waals surface area contributed by atoms with Crippen LogP contribution in [0.4, 0.5) is 18.9 Å². The van der Waals surface area contributed by atoms with Crippen LogP contribution in [0, 0.1) is 17.5 Å². The molecule has 0 aliphatic heterocycles. The molecule has 0 bridgehead atoms. The quantitative estimate of drug-likeness (QED) is 0.914. The van der Waals surface area contributed by atoms with Gasteiger partial charge in [0.05, 0.1) is 16.8 Å². The molecule has 0 saturated heterocycles. The number of carboxylic acid groups (broad SMARTS) is 1. The number of carbonyl (C=O) groups excluding carboxylic acids is 1. The van der Waals surface area contributed by atoms with Gasteiger partial charge in [0.15, 0.2) is 0 Å². The molecule has 0 aliphatic carbocycles. The number of aromatic carboxylic acids is 1. The van der Waals surface area contributed by atoms with Crippen LogP contribution < -0.4 is 5.32 Å². The molecular weight excluding hydrogens is 287 g/mol. The minimum Gasteiger partial charge on any atom is -0.478 e. The van der Waals surface area contributed by atoms with Crippen molar-refractivity contribution in [1.29, 1.82) is 0 Å². The summed E-state index contributed by atoms with van der Waals surface area (Å²) in [4.78, 5) is 22.8. The Labute approximate surface area is 116 Å². The molecule has 21 heavy (non-hydrogen) atoms. The molecule has 0 aliphatic rings. The van der Waals surface area contributed by atoms with E-state index in [2.05, 4.69) is 5.32 Å². The number of anilines is 1. The van der Waals surface area contributed by atoms with E-state index in [0.29, 0.717) is 12.1 Å². The summed E-state index contributed by atoms with van der Waals surface area (Å²) in [6.07, 6.45) is 0. The summed E-state index contributed by atoms with van der Waals surface area (Å²) in [7, 11) is 0. The van der Waals surface area contributed by atoms with Crippen LogP contribution in [0.5, 0.6) is 0 Å². The number of amides is 1. The van der Waals surface area contributed by atoms with Gasteiger partial charge in [-0.3, -0.25) is 4.79 Å². The molecule has 7 heteroatoms. The van der Waals surface area contributed by atoms with Gasteiger partial charge in [0, 0.05) is 0 Å². The molecule has 0 atom stereocenters. The van der Waals surface area contributed by atoms with Crippen LogP contribution in [0.1, 0.15) is 20.7 Å². The van der Waals surface area contributed by atoms with Crippen molar-refractivity contribution in [2.45, 2.75) is 0 Å². The summed E-state index contributed by atoms with van der Waals surface area (Å²) in [5.74, 6) is -5.10. The number of nitrogens with one attached hydrogen (secondary N) is 1. The summed E-state index contributed by atoms with van der Waals surface area (Å²) in [5.41, 5.74) is -1.31. The molecule has 2 N–H and O–H groups in total. The molecule has 0 fully saturated rings. The Morgan fingerprint density at radius 1 is 0.905 bits per heavy atom. The van der Waals surface area contributed by atoms with Gasteiger partial charge >= 0.3 is 5.97 Å². The van der Waals surface area contributed by atoms with E-state index in [1.807, 2.05) is 0 Å². The highest BCUT2D eigenvalue weighted by Crippen LogP contribution is 2.19. The Kier molecular flexibility index (Phi) is 3.93. The number of benzene rings is 2. The van der Waals surface area contributed by atoms with Crippen LogP contribution in [0.15, 0.2) is 36.4 Å². The number of hydrogen-bond acceptors (Lipinski definition) is 2. The number of halogens is 3. The molecule has 2 rings (SSSR count). The van der Waals surface area contributed by atoms with Gasteiger partial charge in [0.2, 0.25) is 0 Å². The maximum absolute atomic E-state index is 13.4. The standard InChI is InChI=1S/C14H8F3NO3/c15-7-1-3-11(17)9(5-7)13(19)18-12-4-2-8(16)6-10(12)14(20)21/h1-6H,(H,18,19)(H,20,21). The molecular formula is C14H8F3NO3. The Bertz CT molecular complexity index is 731. The van der Waals surface area contributed by atoms with Crippen molar-refractivity contribution in [3.05, 3.63) is 65.0 Å². The zero-order valence-electron chi connectivity index (χ0n) is 10.4. The third-order valence-corrected chi connectivity index (χ3v) is 2.63. The number of rotatable bonds is 3. The minimum atomic E-state index is -1.47. The lowest BCUT2D eigenvalue weighted by Gasteiger charge is -2.09. The average molecular weight is 295 g/mol. The maximum atomic E-state index is 13.4. The van der Waals surface area contributed by atoms with E-state index >= 15 is 0 Å². The summed E-state index contributed by atoms with van der Waals surface area (Å²) in [6, 6.07) is 4.95. The first-order chi connectivity index (χ1) is 9.88. The smallest absolute Gasteiger partial charge is 0.337 e. The topological polar surface area (TPSA) is 66.4 Å². The van der Waals surface area contributed by atoms with Crippen molar-refractivity contribution in [1.82, 2.24) is 0 Å². The van der Waals surface area contributed by atoms with Crippen molar-refractivity contribution in [2.75, 3.05) is 5.32 Å². The van der Waals surface area contributed by atoms with Gasteiger partial charge in [0.25, 0.3) is 5.91 Å². The average Bonchev–Trinajstić information content (AvgIpc) is 2.43. The van der Waals surface area contributed by atoms with Gasteiger partial charge in [-0.2, -0.15) is 0 Å². The molecule has 0 spiro atoms. The second-order valence-corrected chi connectivity index (χ2v) is 4.07. The first-order valence-corrected chi connectivity index (χ1v) is 5.67. The first-order valence-electron chi connectivity index (χ1n) is 5.67. The van der Waals surface area contributed by atoms with E-state index in [9.17, 15) is 22.8 Å². The highest BCUT2D eigenvalue weighted by molar-refractivity contribution is 6.07. The monoisotopic (exact) mass is 295 g/mol. The van der Waals surface area contributed by atoms with Gasteiger partial charge in [-0.25, -0.2) is 18.0 Å². The Balaban J connectivity index is 2.36. The van der Waals surface area contributed by atoms with E-state index in [0.717, 1.165) is 24.3 Å². The second-order valence-electron chi connectivity index (χ2n) is 4.07. The number of hydrogen-bond donors (Lipinski definition) is 2. The molecule has 0 radical (unpaired) electrons. The van der Waals surface area contributed by atoms with E-state index < -0.39 is 40.5 Å². The third-order valence-electron chi connectivity index (χ3n) is 2.63. The third kappa shape index (κ3) is 3.19. The normalized spacial score (nSPS) is 10.2. The lowest BCUT2D eigenvalue weighted by molar-refractivity contribution is 0.0697. The second kappa shape index (κ2) is 5.66. The van der Waals surface area contributed by atoms with E-state index in [4.69, 9.17) is 5.11 Å². The highest BCUT2D eigenvalue weighted by atomic mass is 19.1. The fraction of sp³-hybridized carbons (Fsp3) is 0. The molecule has 0 unspecified atom stereocenters. The highest BCUT2D eigenvalue weighted by Gasteiger charge is 2.17. The number of carbonyl (C=O) groups is 2. The summed E-state index contributed by atoms with van der Waals surface area (Å²) >= 11 is 0. The van der Waals surface area contributed by atoms with Crippen LogP contribution in [0.3, 0.4) is 0 Å². The van der Waals surface area contributed by atoms with Crippen LogP contribution in [0.25, 0.3) is 0 Å². The van der Waals surface area contributed by atoms with Crippen LogP contribution in [0.2, 0.25) is 0 Å². The van der Waals surface area contributed by atoms with Crippen molar-refractivity contribution in [2.24, 2.45) is 0 Å². The van der Waals surface area contributed by atoms with Crippen LogP contribution >= 0.6 is 0 Å². The SMILES string of the molecule is O=C(Nc1ccc(F)cc1C(=O)O)c1cc(F)ccc1F. The van der Waals surface area contributed by atoms with Crippen molar-refractivity contribution in [3.8, 4) is 0 Å². The molecule has 0 aromatic heterocycles. The van der Waals surface area contributed by atoms with E-state index in [1.54, 1.807) is 0 Å². The zero-order chi connectivity index (χ0) is 15.6. The van der Waals surface area contributed by atoms with Gasteiger partial charge in [-0.05, 0) is 36.4 Å². The molecule has 1 amide bonds. The minimum absolute atomic E-state index is 0.224. The molecule has 0 heterocycles. The molecule has 2 aromatic rings. The maximum Gasteiger partial charge on any atom is 0.337 e. The summed E-state index contributed by atoms with van der Waals surface area (Å²) in [6.45, 7) is 0. The summed E-state index contributed by atoms with van der Waals surface area (Å²) < 4.78 is 39.5. The van der Waals surface area contributed by atoms with Crippen LogP contribution in [-0.2, 0) is 0 Å². The lowest BCUT2D eigenvalue weighted by Crippen LogP contribution is -2.16. The van der Waals surface area contributed by atoms with Gasteiger partial charge in [0.1, 0.15) is 17.5 Å². The fourth-order valence-electron chi connectivity index (χ4n) is 1.66. The van der Waals surface area contributed by atoms with E-state index in [1.165, 1.54) is 0 Å². The zero-order valence-corrected chi connectivity index (χ0v) is 10.4. The summed E-state index contributed by atoms with van der Waals surface area (Å²) in [5, 5.41) is 11.0. The van der Waals surface area contributed by atoms with Gasteiger partial charge in [-0.1, -0.05) is 0 Å². The van der Waals surface area contributed by atoms with Crippen molar-refractivity contribution < 1.29 is 27.9 Å². The predicted molar refractivity (Wildman–Crippen MR) is 67.7 cm³/mol. The largest absolute Gasteiger partial charge is 0.478 e. The molecule has 108 valence electrons. The molecule has 0 saturated carbocycles. The Morgan fingerprint density at radius 2 is 1.48 bits per heavy atom. The van der Waals surface area contributed by atoms with Gasteiger partial charge < -0.3 is 10.4 Å². The number of carboxylic acids is 1. The fourth-order valence-corrected chi connectivity index (χ4v) is 1.66.